The molecule has 2 aromatic rings. The molecule has 0 spiro atoms. The van der Waals surface area contributed by atoms with Crippen molar-refractivity contribution in [1.82, 2.24) is 0 Å². The van der Waals surface area contributed by atoms with Crippen LogP contribution < -0.4 is 10.4 Å². The third-order valence-corrected chi connectivity index (χ3v) is 12.9. The van der Waals surface area contributed by atoms with Crippen LogP contribution in [0.1, 0.15) is 105 Å². The van der Waals surface area contributed by atoms with Gasteiger partial charge in [0.2, 0.25) is 0 Å². The van der Waals surface area contributed by atoms with Gasteiger partial charge in [-0.3, -0.25) is 0 Å². The molecule has 35 heavy (non-hydrogen) atoms. The van der Waals surface area contributed by atoms with E-state index in [1.165, 1.54) is 93.0 Å². The molecule has 1 atom stereocenters. The predicted molar refractivity (Wildman–Crippen MR) is 156 cm³/mol. The summed E-state index contributed by atoms with van der Waals surface area (Å²) in [6, 6.07) is 22.1. The second kappa shape index (κ2) is 14.2. The van der Waals surface area contributed by atoms with Crippen LogP contribution in [0.5, 0.6) is 0 Å². The lowest BCUT2D eigenvalue weighted by molar-refractivity contribution is 0.327. The van der Waals surface area contributed by atoms with Crippen molar-refractivity contribution in [2.45, 2.75) is 110 Å². The Bertz CT molecular complexity index is 825. The first-order valence-corrected chi connectivity index (χ1v) is 16.3. The maximum atomic E-state index is 7.17. The molecule has 1 nitrogen and oxygen atoms in total. The Morgan fingerprint density at radius 2 is 1.26 bits per heavy atom. The van der Waals surface area contributed by atoms with Crippen molar-refractivity contribution < 1.29 is 4.43 Å². The molecule has 1 aliphatic carbocycles. The lowest BCUT2D eigenvalue weighted by Gasteiger charge is -2.43. The van der Waals surface area contributed by atoms with Gasteiger partial charge in [-0.25, -0.2) is 0 Å². The highest BCUT2D eigenvalue weighted by Crippen LogP contribution is 2.38. The highest BCUT2D eigenvalue weighted by Gasteiger charge is 2.50. The third-order valence-electron chi connectivity index (χ3n) is 7.88. The molecule has 0 N–H and O–H groups in total. The SMILES string of the molecule is CCCCCCCCCCCC1C=C(CO[Si](c2ccccc2)(c2ccccc2)C(C)(C)C)CC1. The van der Waals surface area contributed by atoms with Gasteiger partial charge in [0.05, 0.1) is 6.61 Å². The summed E-state index contributed by atoms with van der Waals surface area (Å²) in [6.07, 6.45) is 19.2. The molecule has 0 saturated heterocycles. The first-order chi connectivity index (χ1) is 17.0. The van der Waals surface area contributed by atoms with Gasteiger partial charge in [0.1, 0.15) is 0 Å². The zero-order chi connectivity index (χ0) is 25.0. The van der Waals surface area contributed by atoms with Crippen LogP contribution in [0, 0.1) is 5.92 Å². The molecular weight excluding hydrogens is 440 g/mol. The van der Waals surface area contributed by atoms with Gasteiger partial charge < -0.3 is 4.43 Å². The summed E-state index contributed by atoms with van der Waals surface area (Å²) in [5.41, 5.74) is 1.53. The van der Waals surface area contributed by atoms with E-state index in [9.17, 15) is 0 Å². The van der Waals surface area contributed by atoms with Crippen LogP contribution in [0.25, 0.3) is 0 Å². The minimum atomic E-state index is -2.43. The van der Waals surface area contributed by atoms with Gasteiger partial charge >= 0.3 is 0 Å². The van der Waals surface area contributed by atoms with Crippen molar-refractivity contribution in [3.05, 3.63) is 72.3 Å². The van der Waals surface area contributed by atoms with Crippen molar-refractivity contribution in [1.29, 1.82) is 0 Å². The molecule has 1 unspecified atom stereocenters. The lowest BCUT2D eigenvalue weighted by Crippen LogP contribution is -2.66. The van der Waals surface area contributed by atoms with Gasteiger partial charge in [-0.1, -0.05) is 152 Å². The van der Waals surface area contributed by atoms with Gasteiger partial charge in [0, 0.05) is 0 Å². The van der Waals surface area contributed by atoms with Gasteiger partial charge in [-0.05, 0) is 46.2 Å². The van der Waals surface area contributed by atoms with Crippen molar-refractivity contribution in [3.63, 3.8) is 0 Å². The molecule has 0 fully saturated rings. The molecule has 3 rings (SSSR count). The van der Waals surface area contributed by atoms with E-state index in [1.807, 2.05) is 0 Å². The Hall–Kier alpha value is -1.64. The van der Waals surface area contributed by atoms with E-state index in [4.69, 9.17) is 4.43 Å². The van der Waals surface area contributed by atoms with Crippen LogP contribution in [0.15, 0.2) is 72.3 Å². The molecule has 0 radical (unpaired) electrons. The Morgan fingerprint density at radius 1 is 0.743 bits per heavy atom. The van der Waals surface area contributed by atoms with Gasteiger partial charge in [-0.2, -0.15) is 0 Å². The van der Waals surface area contributed by atoms with Crippen LogP contribution in [0.4, 0.5) is 0 Å². The number of rotatable bonds is 15. The first kappa shape index (κ1) is 27.9. The normalized spacial score (nSPS) is 16.5. The molecule has 0 saturated carbocycles. The highest BCUT2D eigenvalue weighted by atomic mass is 28.4. The summed E-state index contributed by atoms with van der Waals surface area (Å²) < 4.78 is 7.17. The summed E-state index contributed by atoms with van der Waals surface area (Å²) in [6.45, 7) is 10.2. The van der Waals surface area contributed by atoms with Crippen molar-refractivity contribution >= 4 is 18.7 Å². The minimum absolute atomic E-state index is 0.0464. The molecule has 192 valence electrons. The third kappa shape index (κ3) is 7.92. The Labute approximate surface area is 217 Å². The highest BCUT2D eigenvalue weighted by molar-refractivity contribution is 6.99. The largest absolute Gasteiger partial charge is 0.403 e. The number of benzene rings is 2. The Morgan fingerprint density at radius 3 is 1.77 bits per heavy atom. The summed E-state index contributed by atoms with van der Waals surface area (Å²) >= 11 is 0. The summed E-state index contributed by atoms with van der Waals surface area (Å²) in [7, 11) is -2.43. The molecule has 0 bridgehead atoms. The maximum absolute atomic E-state index is 7.17. The average molecular weight is 491 g/mol. The van der Waals surface area contributed by atoms with Gasteiger partial charge in [-0.15, -0.1) is 0 Å². The van der Waals surface area contributed by atoms with Gasteiger partial charge in [0.25, 0.3) is 8.32 Å². The first-order valence-electron chi connectivity index (χ1n) is 14.4. The molecule has 0 amide bonds. The van der Waals surface area contributed by atoms with Crippen molar-refractivity contribution in [2.24, 2.45) is 5.92 Å². The summed E-state index contributed by atoms with van der Waals surface area (Å²) in [4.78, 5) is 0. The van der Waals surface area contributed by atoms with Crippen molar-refractivity contribution in [2.75, 3.05) is 6.61 Å². The van der Waals surface area contributed by atoms with Crippen LogP contribution in [0.3, 0.4) is 0 Å². The fraction of sp³-hybridized carbons (Fsp3) is 0.576. The second-order valence-corrected chi connectivity index (χ2v) is 16.0. The smallest absolute Gasteiger partial charge is 0.261 e. The lowest BCUT2D eigenvalue weighted by atomic mass is 9.99. The molecular formula is C33H50OSi. The van der Waals surface area contributed by atoms with E-state index >= 15 is 0 Å². The number of unbranched alkanes of at least 4 members (excludes halogenated alkanes) is 8. The van der Waals surface area contributed by atoms with E-state index in [2.05, 4.69) is 94.4 Å². The molecule has 0 aromatic heterocycles. The standard InChI is InChI=1S/C33H50OSi/c1-5-6-7-8-9-10-11-12-15-20-29-25-26-30(27-29)28-34-35(33(2,3)4,31-21-16-13-17-22-31)32-23-18-14-19-24-32/h13-14,16-19,21-24,27,29H,5-12,15,20,25-26,28H2,1-4H3. The van der Waals surface area contributed by atoms with E-state index in [-0.39, 0.29) is 5.04 Å². The van der Waals surface area contributed by atoms with Crippen LogP contribution >= 0.6 is 0 Å². The Kier molecular flexibility index (Phi) is 11.3. The number of allylic oxidation sites excluding steroid dienone is 1. The fourth-order valence-corrected chi connectivity index (χ4v) is 10.5. The maximum Gasteiger partial charge on any atom is 0.261 e. The molecule has 1 aliphatic rings. The second-order valence-electron chi connectivity index (χ2n) is 11.7. The molecule has 0 aliphatic heterocycles. The van der Waals surface area contributed by atoms with E-state index in [0.717, 1.165) is 12.5 Å². The van der Waals surface area contributed by atoms with E-state index < -0.39 is 8.32 Å². The minimum Gasteiger partial charge on any atom is -0.403 e. The summed E-state index contributed by atoms with van der Waals surface area (Å²) in [5, 5.41) is 2.80. The predicted octanol–water partition coefficient (Wildman–Crippen LogP) is 8.82. The fourth-order valence-electron chi connectivity index (χ4n) is 5.90. The average Bonchev–Trinajstić information content (AvgIpc) is 3.31. The van der Waals surface area contributed by atoms with Gasteiger partial charge in [0.15, 0.2) is 0 Å². The van der Waals surface area contributed by atoms with Crippen molar-refractivity contribution in [3.8, 4) is 0 Å². The molecule has 2 aromatic carbocycles. The monoisotopic (exact) mass is 490 g/mol. The zero-order valence-electron chi connectivity index (χ0n) is 23.0. The van der Waals surface area contributed by atoms with E-state index in [0.29, 0.717) is 0 Å². The topological polar surface area (TPSA) is 9.23 Å². The summed E-state index contributed by atoms with van der Waals surface area (Å²) in [5.74, 6) is 0.761. The quantitative estimate of drug-likeness (QED) is 0.138. The van der Waals surface area contributed by atoms with Crippen LogP contribution in [0.2, 0.25) is 5.04 Å². The zero-order valence-corrected chi connectivity index (χ0v) is 24.0. The van der Waals surface area contributed by atoms with E-state index in [1.54, 1.807) is 0 Å². The Balaban J connectivity index is 1.57. The molecule has 0 heterocycles. The van der Waals surface area contributed by atoms with Crippen LogP contribution in [-0.4, -0.2) is 14.9 Å². The number of hydrogen-bond acceptors (Lipinski definition) is 1. The molecule has 2 heteroatoms. The number of hydrogen-bond donors (Lipinski definition) is 0. The van der Waals surface area contributed by atoms with Crippen LogP contribution in [-0.2, 0) is 4.43 Å².